The first-order chi connectivity index (χ1) is 12.2. The second kappa shape index (κ2) is 7.83. The summed E-state index contributed by atoms with van der Waals surface area (Å²) in [7, 11) is 1.60. The third kappa shape index (κ3) is 4.37. The average Bonchev–Trinajstić information content (AvgIpc) is 2.66. The first kappa shape index (κ1) is 17.0. The number of anilines is 1. The number of benzene rings is 1. The van der Waals surface area contributed by atoms with Gasteiger partial charge in [0, 0.05) is 37.0 Å². The van der Waals surface area contributed by atoms with E-state index < -0.39 is 0 Å². The van der Waals surface area contributed by atoms with Gasteiger partial charge < -0.3 is 20.1 Å². The largest absolute Gasteiger partial charge is 0.497 e. The number of ether oxygens (including phenoxy) is 2. The monoisotopic (exact) mass is 342 g/mol. The number of methoxy groups -OCH3 is 1. The molecule has 1 aliphatic rings. The number of hydrogen-bond acceptors (Lipinski definition) is 6. The zero-order chi connectivity index (χ0) is 17.6. The Bertz CT molecular complexity index is 730. The summed E-state index contributed by atoms with van der Waals surface area (Å²) in [6.07, 6.45) is 3.40. The van der Waals surface area contributed by atoms with Crippen LogP contribution in [0, 0.1) is 0 Å². The van der Waals surface area contributed by atoms with E-state index in [1.165, 1.54) is 0 Å². The van der Waals surface area contributed by atoms with Crippen molar-refractivity contribution >= 4 is 11.9 Å². The fourth-order valence-corrected chi connectivity index (χ4v) is 2.97. The van der Waals surface area contributed by atoms with Gasteiger partial charge in [0.25, 0.3) is 5.91 Å². The highest BCUT2D eigenvalue weighted by atomic mass is 16.5. The van der Waals surface area contributed by atoms with Crippen LogP contribution in [0.2, 0.25) is 0 Å². The molecule has 1 aliphatic heterocycles. The number of aromatic nitrogens is 2. The number of hydrogen-bond donors (Lipinski definition) is 1. The highest BCUT2D eigenvalue weighted by molar-refractivity contribution is 5.77. The summed E-state index contributed by atoms with van der Waals surface area (Å²) in [5, 5.41) is 0. The van der Waals surface area contributed by atoms with Crippen LogP contribution in [0.25, 0.3) is 0 Å². The van der Waals surface area contributed by atoms with E-state index in [2.05, 4.69) is 9.97 Å². The second-order valence-electron chi connectivity index (χ2n) is 5.96. The number of nitrogens with zero attached hydrogens (tertiary/aromatic N) is 3. The first-order valence-corrected chi connectivity index (χ1v) is 8.29. The molecule has 1 aromatic carbocycles. The number of likely N-dealkylation sites (tertiary alicyclic amines) is 1. The van der Waals surface area contributed by atoms with Crippen LogP contribution in [0.1, 0.15) is 24.5 Å². The van der Waals surface area contributed by atoms with Gasteiger partial charge in [0.05, 0.1) is 7.11 Å². The number of piperidine rings is 1. The Morgan fingerprint density at radius 1 is 1.28 bits per heavy atom. The van der Waals surface area contributed by atoms with Gasteiger partial charge in [-0.2, -0.15) is 0 Å². The number of amides is 1. The Labute approximate surface area is 146 Å². The standard InChI is InChI=1S/C18H22N4O3/c1-24-14-3-2-4-15(11-14)25-12-17(23)22-9-6-13(7-10-22)16-5-8-20-18(19)21-16/h2-5,8,11,13H,6-7,9-10,12H2,1H3,(H2,19,20,21). The van der Waals surface area contributed by atoms with Crippen LogP contribution in [-0.2, 0) is 4.79 Å². The summed E-state index contributed by atoms with van der Waals surface area (Å²) in [5.41, 5.74) is 6.60. The molecule has 132 valence electrons. The molecule has 0 unspecified atom stereocenters. The van der Waals surface area contributed by atoms with Crippen molar-refractivity contribution in [2.45, 2.75) is 18.8 Å². The van der Waals surface area contributed by atoms with Gasteiger partial charge in [-0.05, 0) is 31.0 Å². The molecular weight excluding hydrogens is 320 g/mol. The van der Waals surface area contributed by atoms with Gasteiger partial charge in [-0.15, -0.1) is 0 Å². The molecule has 2 aromatic rings. The second-order valence-corrected chi connectivity index (χ2v) is 5.96. The lowest BCUT2D eigenvalue weighted by molar-refractivity contribution is -0.134. The Hall–Kier alpha value is -2.83. The van der Waals surface area contributed by atoms with E-state index in [0.717, 1.165) is 18.5 Å². The van der Waals surface area contributed by atoms with E-state index in [1.807, 2.05) is 29.2 Å². The molecule has 1 fully saturated rings. The van der Waals surface area contributed by atoms with Gasteiger partial charge in [0.2, 0.25) is 5.95 Å². The molecule has 3 rings (SSSR count). The Morgan fingerprint density at radius 2 is 2.04 bits per heavy atom. The van der Waals surface area contributed by atoms with Crippen LogP contribution in [-0.4, -0.2) is 47.6 Å². The quantitative estimate of drug-likeness (QED) is 0.892. The lowest BCUT2D eigenvalue weighted by atomic mass is 9.93. The van der Waals surface area contributed by atoms with Crippen LogP contribution < -0.4 is 15.2 Å². The summed E-state index contributed by atoms with van der Waals surface area (Å²) in [4.78, 5) is 22.4. The summed E-state index contributed by atoms with van der Waals surface area (Å²) in [5.74, 6) is 1.92. The van der Waals surface area contributed by atoms with Gasteiger partial charge in [-0.3, -0.25) is 4.79 Å². The number of carbonyl (C=O) groups is 1. The van der Waals surface area contributed by atoms with Crippen molar-refractivity contribution < 1.29 is 14.3 Å². The predicted molar refractivity (Wildman–Crippen MR) is 93.5 cm³/mol. The van der Waals surface area contributed by atoms with Gasteiger partial charge in [-0.25, -0.2) is 9.97 Å². The Morgan fingerprint density at radius 3 is 2.76 bits per heavy atom. The minimum atomic E-state index is -0.0107. The average molecular weight is 342 g/mol. The molecule has 1 amide bonds. The highest BCUT2D eigenvalue weighted by Crippen LogP contribution is 2.27. The number of nitrogen functional groups attached to an aromatic ring is 1. The maximum atomic E-state index is 12.3. The summed E-state index contributed by atoms with van der Waals surface area (Å²) in [6.45, 7) is 1.40. The zero-order valence-electron chi connectivity index (χ0n) is 14.2. The van der Waals surface area contributed by atoms with Crippen molar-refractivity contribution in [2.75, 3.05) is 32.5 Å². The van der Waals surface area contributed by atoms with E-state index in [9.17, 15) is 4.79 Å². The highest BCUT2D eigenvalue weighted by Gasteiger charge is 2.25. The molecule has 25 heavy (non-hydrogen) atoms. The fourth-order valence-electron chi connectivity index (χ4n) is 2.97. The summed E-state index contributed by atoms with van der Waals surface area (Å²) < 4.78 is 10.7. The molecule has 0 radical (unpaired) electrons. The van der Waals surface area contributed by atoms with E-state index in [1.54, 1.807) is 19.4 Å². The van der Waals surface area contributed by atoms with Crippen LogP contribution in [0.4, 0.5) is 5.95 Å². The smallest absolute Gasteiger partial charge is 0.260 e. The van der Waals surface area contributed by atoms with E-state index in [0.29, 0.717) is 36.5 Å². The normalized spacial score (nSPS) is 15.0. The number of rotatable bonds is 5. The van der Waals surface area contributed by atoms with Crippen molar-refractivity contribution in [1.82, 2.24) is 14.9 Å². The lowest BCUT2D eigenvalue weighted by Crippen LogP contribution is -2.40. The zero-order valence-corrected chi connectivity index (χ0v) is 14.2. The van der Waals surface area contributed by atoms with Crippen LogP contribution in [0.5, 0.6) is 11.5 Å². The van der Waals surface area contributed by atoms with Crippen molar-refractivity contribution in [3.05, 3.63) is 42.2 Å². The molecule has 0 spiro atoms. The SMILES string of the molecule is COc1cccc(OCC(=O)N2CCC(c3ccnc(N)n3)CC2)c1. The minimum Gasteiger partial charge on any atom is -0.497 e. The van der Waals surface area contributed by atoms with Crippen molar-refractivity contribution in [3.63, 3.8) is 0 Å². The maximum absolute atomic E-state index is 12.3. The van der Waals surface area contributed by atoms with E-state index in [4.69, 9.17) is 15.2 Å². The molecular formula is C18H22N4O3. The third-order valence-electron chi connectivity index (χ3n) is 4.37. The van der Waals surface area contributed by atoms with Gasteiger partial charge in [-0.1, -0.05) is 6.07 Å². The molecule has 1 aromatic heterocycles. The summed E-state index contributed by atoms with van der Waals surface area (Å²) in [6, 6.07) is 9.13. The van der Waals surface area contributed by atoms with Crippen LogP contribution in [0.3, 0.4) is 0 Å². The van der Waals surface area contributed by atoms with Crippen molar-refractivity contribution in [1.29, 1.82) is 0 Å². The topological polar surface area (TPSA) is 90.6 Å². The Kier molecular flexibility index (Phi) is 5.33. The lowest BCUT2D eigenvalue weighted by Gasteiger charge is -2.31. The van der Waals surface area contributed by atoms with Crippen molar-refractivity contribution in [2.24, 2.45) is 0 Å². The maximum Gasteiger partial charge on any atom is 0.260 e. The molecule has 0 aliphatic carbocycles. The molecule has 1 saturated heterocycles. The van der Waals surface area contributed by atoms with E-state index in [-0.39, 0.29) is 12.5 Å². The fraction of sp³-hybridized carbons (Fsp3) is 0.389. The molecule has 7 nitrogen and oxygen atoms in total. The first-order valence-electron chi connectivity index (χ1n) is 8.29. The predicted octanol–water partition coefficient (Wildman–Crippen LogP) is 1.85. The molecule has 2 N–H and O–H groups in total. The minimum absolute atomic E-state index is 0.0107. The number of nitrogens with two attached hydrogens (primary N) is 1. The third-order valence-corrected chi connectivity index (χ3v) is 4.37. The molecule has 0 saturated carbocycles. The van der Waals surface area contributed by atoms with Gasteiger partial charge in [0.1, 0.15) is 11.5 Å². The van der Waals surface area contributed by atoms with Crippen molar-refractivity contribution in [3.8, 4) is 11.5 Å². The van der Waals surface area contributed by atoms with Gasteiger partial charge in [0.15, 0.2) is 6.61 Å². The molecule has 0 atom stereocenters. The molecule has 0 bridgehead atoms. The van der Waals surface area contributed by atoms with E-state index >= 15 is 0 Å². The number of carbonyl (C=O) groups excluding carboxylic acids is 1. The van der Waals surface area contributed by atoms with Crippen LogP contribution >= 0.6 is 0 Å². The Balaban J connectivity index is 1.49. The summed E-state index contributed by atoms with van der Waals surface area (Å²) >= 11 is 0. The molecule has 7 heteroatoms. The van der Waals surface area contributed by atoms with Crippen LogP contribution in [0.15, 0.2) is 36.5 Å². The molecule has 2 heterocycles. The van der Waals surface area contributed by atoms with Gasteiger partial charge >= 0.3 is 0 Å².